The Morgan fingerprint density at radius 1 is 1.11 bits per heavy atom. The molecule has 0 radical (unpaired) electrons. The van der Waals surface area contributed by atoms with Gasteiger partial charge in [0, 0.05) is 11.6 Å². The van der Waals surface area contributed by atoms with E-state index in [1.165, 1.54) is 22.3 Å². The van der Waals surface area contributed by atoms with E-state index in [4.69, 9.17) is 11.6 Å². The van der Waals surface area contributed by atoms with Crippen LogP contribution in [0.25, 0.3) is 11.1 Å². The molecule has 98 valence electrons. The van der Waals surface area contributed by atoms with Crippen molar-refractivity contribution in [2.45, 2.75) is 19.3 Å². The molecule has 0 aliphatic carbocycles. The average molecular weight is 272 g/mol. The second kappa shape index (κ2) is 5.36. The van der Waals surface area contributed by atoms with Crippen LogP contribution in [0, 0.1) is 0 Å². The summed E-state index contributed by atoms with van der Waals surface area (Å²) in [6, 6.07) is 14.9. The van der Waals surface area contributed by atoms with E-state index >= 15 is 0 Å². The second-order valence-electron chi connectivity index (χ2n) is 5.28. The summed E-state index contributed by atoms with van der Waals surface area (Å²) in [6.45, 7) is 4.43. The Kier molecular flexibility index (Phi) is 3.58. The van der Waals surface area contributed by atoms with E-state index in [0.717, 1.165) is 24.5 Å². The van der Waals surface area contributed by atoms with E-state index < -0.39 is 0 Å². The summed E-state index contributed by atoms with van der Waals surface area (Å²) in [5.74, 6) is 0.589. The fraction of sp³-hybridized carbons (Fsp3) is 0.294. The maximum absolute atomic E-state index is 6.08. The minimum atomic E-state index is 0.589. The van der Waals surface area contributed by atoms with Crippen molar-refractivity contribution in [3.8, 4) is 11.1 Å². The molecule has 2 aromatic rings. The molecule has 0 fully saturated rings. The standard InChI is InChI=1S/C17H18ClN/c1-12-11-19-8-7-15-9-14(5-6-17(12)15)13-3-2-4-16(18)10-13/h2-6,9-10,12,19H,7-8,11H2,1H3/t12-/m1/s1. The van der Waals surface area contributed by atoms with Gasteiger partial charge in [-0.25, -0.2) is 0 Å². The summed E-state index contributed by atoms with van der Waals surface area (Å²) < 4.78 is 0. The van der Waals surface area contributed by atoms with Crippen LogP contribution in [0.3, 0.4) is 0 Å². The third kappa shape index (κ3) is 2.68. The highest BCUT2D eigenvalue weighted by atomic mass is 35.5. The molecule has 0 amide bonds. The first-order valence-corrected chi connectivity index (χ1v) is 7.21. The maximum atomic E-state index is 6.08. The zero-order chi connectivity index (χ0) is 13.2. The van der Waals surface area contributed by atoms with Gasteiger partial charge in [0.25, 0.3) is 0 Å². The fourth-order valence-electron chi connectivity index (χ4n) is 2.80. The number of hydrogen-bond donors (Lipinski definition) is 1. The zero-order valence-corrected chi connectivity index (χ0v) is 11.9. The van der Waals surface area contributed by atoms with E-state index in [1.54, 1.807) is 0 Å². The molecule has 0 bridgehead atoms. The van der Waals surface area contributed by atoms with Crippen LogP contribution >= 0.6 is 11.6 Å². The molecule has 1 N–H and O–H groups in total. The summed E-state index contributed by atoms with van der Waals surface area (Å²) >= 11 is 6.08. The lowest BCUT2D eigenvalue weighted by Gasteiger charge is -2.14. The fourth-order valence-corrected chi connectivity index (χ4v) is 2.99. The first kappa shape index (κ1) is 12.7. The summed E-state index contributed by atoms with van der Waals surface area (Å²) in [5, 5.41) is 4.29. The zero-order valence-electron chi connectivity index (χ0n) is 11.1. The molecule has 1 nitrogen and oxygen atoms in total. The van der Waals surface area contributed by atoms with Crippen molar-refractivity contribution in [2.24, 2.45) is 0 Å². The molecule has 1 aliphatic rings. The molecule has 0 unspecified atom stereocenters. The smallest absolute Gasteiger partial charge is 0.0412 e. The van der Waals surface area contributed by atoms with E-state index in [0.29, 0.717) is 5.92 Å². The largest absolute Gasteiger partial charge is 0.316 e. The SMILES string of the molecule is C[C@@H]1CNCCc2cc(-c3cccc(Cl)c3)ccc21. The van der Waals surface area contributed by atoms with Crippen LogP contribution in [0.1, 0.15) is 24.0 Å². The third-order valence-electron chi connectivity index (χ3n) is 3.85. The normalized spacial score (nSPS) is 18.7. The number of benzene rings is 2. The predicted molar refractivity (Wildman–Crippen MR) is 81.9 cm³/mol. The predicted octanol–water partition coefficient (Wildman–Crippen LogP) is 4.26. The number of halogens is 1. The lowest BCUT2D eigenvalue weighted by molar-refractivity contribution is 0.644. The molecule has 1 atom stereocenters. The van der Waals surface area contributed by atoms with Crippen molar-refractivity contribution in [2.75, 3.05) is 13.1 Å². The Bertz CT molecular complexity index is 592. The van der Waals surface area contributed by atoms with Crippen molar-refractivity contribution in [3.63, 3.8) is 0 Å². The van der Waals surface area contributed by atoms with Crippen molar-refractivity contribution in [3.05, 3.63) is 58.6 Å². The Morgan fingerprint density at radius 2 is 1.95 bits per heavy atom. The molecule has 0 saturated heterocycles. The van der Waals surface area contributed by atoms with Gasteiger partial charge in [0.1, 0.15) is 0 Å². The lowest BCUT2D eigenvalue weighted by Crippen LogP contribution is -2.18. The van der Waals surface area contributed by atoms with E-state index in [2.05, 4.69) is 36.5 Å². The van der Waals surface area contributed by atoms with Gasteiger partial charge in [0.2, 0.25) is 0 Å². The number of rotatable bonds is 1. The summed E-state index contributed by atoms with van der Waals surface area (Å²) in [4.78, 5) is 0. The van der Waals surface area contributed by atoms with Crippen LogP contribution in [0.4, 0.5) is 0 Å². The van der Waals surface area contributed by atoms with Crippen LogP contribution in [0.5, 0.6) is 0 Å². The van der Waals surface area contributed by atoms with Gasteiger partial charge in [-0.1, -0.05) is 48.9 Å². The Labute approximate surface area is 119 Å². The minimum Gasteiger partial charge on any atom is -0.316 e. The Balaban J connectivity index is 2.03. The van der Waals surface area contributed by atoms with Crippen molar-refractivity contribution < 1.29 is 0 Å². The molecular formula is C17H18ClN. The summed E-state index contributed by atoms with van der Waals surface area (Å²) in [7, 11) is 0. The molecule has 19 heavy (non-hydrogen) atoms. The number of nitrogens with one attached hydrogen (secondary N) is 1. The third-order valence-corrected chi connectivity index (χ3v) is 4.09. The van der Waals surface area contributed by atoms with Crippen molar-refractivity contribution >= 4 is 11.6 Å². The van der Waals surface area contributed by atoms with Crippen LogP contribution in [-0.4, -0.2) is 13.1 Å². The van der Waals surface area contributed by atoms with Gasteiger partial charge in [-0.15, -0.1) is 0 Å². The van der Waals surface area contributed by atoms with E-state index in [1.807, 2.05) is 18.2 Å². The van der Waals surface area contributed by atoms with Gasteiger partial charge in [-0.05, 0) is 53.3 Å². The topological polar surface area (TPSA) is 12.0 Å². The molecule has 0 spiro atoms. The van der Waals surface area contributed by atoms with Gasteiger partial charge in [-0.2, -0.15) is 0 Å². The van der Waals surface area contributed by atoms with Crippen LogP contribution in [0.2, 0.25) is 5.02 Å². The van der Waals surface area contributed by atoms with Gasteiger partial charge in [-0.3, -0.25) is 0 Å². The molecule has 2 aromatic carbocycles. The quantitative estimate of drug-likeness (QED) is 0.817. The van der Waals surface area contributed by atoms with Crippen molar-refractivity contribution in [1.82, 2.24) is 5.32 Å². The second-order valence-corrected chi connectivity index (χ2v) is 5.72. The number of fused-ring (bicyclic) bond motifs is 1. The number of hydrogen-bond acceptors (Lipinski definition) is 1. The van der Waals surface area contributed by atoms with Crippen LogP contribution < -0.4 is 5.32 Å². The molecule has 1 aliphatic heterocycles. The average Bonchev–Trinajstić information content (AvgIpc) is 2.60. The molecule has 0 aromatic heterocycles. The van der Waals surface area contributed by atoms with Gasteiger partial charge < -0.3 is 5.32 Å². The van der Waals surface area contributed by atoms with E-state index in [9.17, 15) is 0 Å². The molecule has 1 heterocycles. The summed E-state index contributed by atoms with van der Waals surface area (Å²) in [5.41, 5.74) is 5.40. The molecular weight excluding hydrogens is 254 g/mol. The van der Waals surface area contributed by atoms with Crippen molar-refractivity contribution in [1.29, 1.82) is 0 Å². The highest BCUT2D eigenvalue weighted by Gasteiger charge is 2.14. The van der Waals surface area contributed by atoms with Crippen LogP contribution in [0.15, 0.2) is 42.5 Å². The van der Waals surface area contributed by atoms with Crippen LogP contribution in [-0.2, 0) is 6.42 Å². The van der Waals surface area contributed by atoms with E-state index in [-0.39, 0.29) is 0 Å². The van der Waals surface area contributed by atoms with Gasteiger partial charge >= 0.3 is 0 Å². The van der Waals surface area contributed by atoms with Gasteiger partial charge in [0.05, 0.1) is 0 Å². The molecule has 3 rings (SSSR count). The summed E-state index contributed by atoms with van der Waals surface area (Å²) in [6.07, 6.45) is 1.11. The van der Waals surface area contributed by atoms with Gasteiger partial charge in [0.15, 0.2) is 0 Å². The highest BCUT2D eigenvalue weighted by molar-refractivity contribution is 6.30. The highest BCUT2D eigenvalue weighted by Crippen LogP contribution is 2.29. The first-order chi connectivity index (χ1) is 9.24. The monoisotopic (exact) mass is 271 g/mol. The Hall–Kier alpha value is -1.31. The lowest BCUT2D eigenvalue weighted by atomic mass is 9.92. The molecule has 0 saturated carbocycles. The Morgan fingerprint density at radius 3 is 2.79 bits per heavy atom. The minimum absolute atomic E-state index is 0.589. The first-order valence-electron chi connectivity index (χ1n) is 6.83. The molecule has 2 heteroatoms. The maximum Gasteiger partial charge on any atom is 0.0412 e.